The quantitative estimate of drug-likeness (QED) is 0.821. The van der Waals surface area contributed by atoms with E-state index in [1.807, 2.05) is 13.0 Å². The van der Waals surface area contributed by atoms with Crippen LogP contribution in [0.15, 0.2) is 24.3 Å². The Morgan fingerprint density at radius 2 is 2.22 bits per heavy atom. The molecule has 4 N–H and O–H groups in total. The number of rotatable bonds is 4. The maximum absolute atomic E-state index is 11.2. The standard InChI is InChI=1S/C14H21N3O/c1-10(14(16)18)9-17-7-6-11-4-2-3-5-12(11)13(17)8-15/h2-5,10,13H,6-9,15H2,1H3,(H2,16,18). The van der Waals surface area contributed by atoms with Gasteiger partial charge in [0.1, 0.15) is 0 Å². The molecule has 0 aromatic heterocycles. The zero-order valence-electron chi connectivity index (χ0n) is 10.8. The monoisotopic (exact) mass is 247 g/mol. The van der Waals surface area contributed by atoms with Crippen molar-refractivity contribution in [2.24, 2.45) is 17.4 Å². The van der Waals surface area contributed by atoms with Gasteiger partial charge in [-0.05, 0) is 17.5 Å². The molecule has 1 amide bonds. The number of benzene rings is 1. The van der Waals surface area contributed by atoms with E-state index in [1.165, 1.54) is 11.1 Å². The highest BCUT2D eigenvalue weighted by Gasteiger charge is 2.27. The van der Waals surface area contributed by atoms with Crippen molar-refractivity contribution < 1.29 is 4.79 Å². The normalized spacial score (nSPS) is 21.3. The molecule has 1 aromatic carbocycles. The smallest absolute Gasteiger partial charge is 0.221 e. The predicted octanol–water partition coefficient (Wildman–Crippen LogP) is 0.666. The molecule has 98 valence electrons. The molecule has 4 nitrogen and oxygen atoms in total. The molecule has 1 aliphatic heterocycles. The predicted molar refractivity (Wildman–Crippen MR) is 71.9 cm³/mol. The molecule has 0 radical (unpaired) electrons. The first-order chi connectivity index (χ1) is 8.63. The summed E-state index contributed by atoms with van der Waals surface area (Å²) in [6, 6.07) is 8.61. The van der Waals surface area contributed by atoms with Crippen LogP contribution in [0.5, 0.6) is 0 Å². The van der Waals surface area contributed by atoms with Gasteiger partial charge >= 0.3 is 0 Å². The minimum absolute atomic E-state index is 0.135. The second kappa shape index (κ2) is 5.50. The molecule has 1 heterocycles. The number of hydrogen-bond donors (Lipinski definition) is 2. The van der Waals surface area contributed by atoms with Crippen LogP contribution in [0.4, 0.5) is 0 Å². The molecule has 2 unspecified atom stereocenters. The third kappa shape index (κ3) is 2.54. The second-order valence-corrected chi connectivity index (χ2v) is 5.00. The van der Waals surface area contributed by atoms with Crippen LogP contribution in [0.25, 0.3) is 0 Å². The molecule has 1 aliphatic rings. The van der Waals surface area contributed by atoms with E-state index in [0.29, 0.717) is 13.1 Å². The van der Waals surface area contributed by atoms with E-state index in [-0.39, 0.29) is 17.9 Å². The summed E-state index contributed by atoms with van der Waals surface area (Å²) < 4.78 is 0. The Bertz CT molecular complexity index is 433. The molecule has 0 bridgehead atoms. The van der Waals surface area contributed by atoms with Crippen molar-refractivity contribution in [1.29, 1.82) is 0 Å². The molecule has 0 saturated heterocycles. The molecule has 0 aliphatic carbocycles. The third-order valence-electron chi connectivity index (χ3n) is 3.74. The van der Waals surface area contributed by atoms with E-state index >= 15 is 0 Å². The Labute approximate surface area is 108 Å². The number of carbonyl (C=O) groups excluding carboxylic acids is 1. The van der Waals surface area contributed by atoms with Crippen LogP contribution in [0.1, 0.15) is 24.1 Å². The van der Waals surface area contributed by atoms with Crippen LogP contribution in [0.3, 0.4) is 0 Å². The van der Waals surface area contributed by atoms with Gasteiger partial charge in [0.05, 0.1) is 0 Å². The first-order valence-corrected chi connectivity index (χ1v) is 6.44. The lowest BCUT2D eigenvalue weighted by molar-refractivity contribution is -0.122. The lowest BCUT2D eigenvalue weighted by atomic mass is 9.92. The zero-order valence-corrected chi connectivity index (χ0v) is 10.8. The van der Waals surface area contributed by atoms with Gasteiger partial charge in [-0.1, -0.05) is 31.2 Å². The van der Waals surface area contributed by atoms with Gasteiger partial charge < -0.3 is 11.5 Å². The zero-order chi connectivity index (χ0) is 13.1. The highest BCUT2D eigenvalue weighted by Crippen LogP contribution is 2.29. The molecule has 18 heavy (non-hydrogen) atoms. The molecular weight excluding hydrogens is 226 g/mol. The van der Waals surface area contributed by atoms with E-state index in [1.54, 1.807) is 0 Å². The van der Waals surface area contributed by atoms with Crippen molar-refractivity contribution in [3.63, 3.8) is 0 Å². The summed E-state index contributed by atoms with van der Waals surface area (Å²) in [7, 11) is 0. The fourth-order valence-electron chi connectivity index (χ4n) is 2.64. The van der Waals surface area contributed by atoms with E-state index < -0.39 is 0 Å². The Morgan fingerprint density at radius 3 is 2.89 bits per heavy atom. The lowest BCUT2D eigenvalue weighted by Gasteiger charge is -2.37. The van der Waals surface area contributed by atoms with Gasteiger partial charge in [0.25, 0.3) is 0 Å². The molecule has 0 saturated carbocycles. The average Bonchev–Trinajstić information content (AvgIpc) is 2.38. The number of hydrogen-bond acceptors (Lipinski definition) is 3. The number of fused-ring (bicyclic) bond motifs is 1. The second-order valence-electron chi connectivity index (χ2n) is 5.00. The largest absolute Gasteiger partial charge is 0.369 e. The van der Waals surface area contributed by atoms with Gasteiger partial charge in [0, 0.05) is 31.6 Å². The molecular formula is C14H21N3O. The highest BCUT2D eigenvalue weighted by molar-refractivity contribution is 5.76. The minimum atomic E-state index is -0.246. The first kappa shape index (κ1) is 13.1. The van der Waals surface area contributed by atoms with Crippen molar-refractivity contribution in [3.05, 3.63) is 35.4 Å². The molecule has 2 atom stereocenters. The van der Waals surface area contributed by atoms with E-state index in [4.69, 9.17) is 11.5 Å². The van der Waals surface area contributed by atoms with E-state index in [9.17, 15) is 4.79 Å². The first-order valence-electron chi connectivity index (χ1n) is 6.44. The van der Waals surface area contributed by atoms with Crippen molar-refractivity contribution in [3.8, 4) is 0 Å². The van der Waals surface area contributed by atoms with Gasteiger partial charge in [-0.3, -0.25) is 9.69 Å². The van der Waals surface area contributed by atoms with Crippen LogP contribution in [-0.4, -0.2) is 30.4 Å². The van der Waals surface area contributed by atoms with E-state index in [2.05, 4.69) is 23.1 Å². The van der Waals surface area contributed by atoms with Gasteiger partial charge in [-0.15, -0.1) is 0 Å². The van der Waals surface area contributed by atoms with Crippen LogP contribution < -0.4 is 11.5 Å². The lowest BCUT2D eigenvalue weighted by Crippen LogP contribution is -2.43. The highest BCUT2D eigenvalue weighted by atomic mass is 16.1. The Hall–Kier alpha value is -1.39. The van der Waals surface area contributed by atoms with Crippen molar-refractivity contribution in [2.75, 3.05) is 19.6 Å². The molecule has 2 rings (SSSR count). The van der Waals surface area contributed by atoms with Gasteiger partial charge in [0.2, 0.25) is 5.91 Å². The number of carbonyl (C=O) groups is 1. The van der Waals surface area contributed by atoms with E-state index in [0.717, 1.165) is 13.0 Å². The van der Waals surface area contributed by atoms with Crippen molar-refractivity contribution in [2.45, 2.75) is 19.4 Å². The number of nitrogens with two attached hydrogens (primary N) is 2. The maximum atomic E-state index is 11.2. The average molecular weight is 247 g/mol. The summed E-state index contributed by atoms with van der Waals surface area (Å²) in [5.74, 6) is -0.381. The number of amides is 1. The summed E-state index contributed by atoms with van der Waals surface area (Å²) >= 11 is 0. The molecule has 4 heteroatoms. The number of primary amides is 1. The summed E-state index contributed by atoms with van der Waals surface area (Å²) in [6.45, 7) is 4.07. The fourth-order valence-corrected chi connectivity index (χ4v) is 2.64. The Morgan fingerprint density at radius 1 is 1.50 bits per heavy atom. The van der Waals surface area contributed by atoms with Crippen molar-refractivity contribution >= 4 is 5.91 Å². The SMILES string of the molecule is CC(CN1CCc2ccccc2C1CN)C(N)=O. The van der Waals surface area contributed by atoms with Gasteiger partial charge in [0.15, 0.2) is 0 Å². The molecule has 0 spiro atoms. The van der Waals surface area contributed by atoms with Gasteiger partial charge in [-0.25, -0.2) is 0 Å². The summed E-state index contributed by atoms with van der Waals surface area (Å²) in [5, 5.41) is 0. The number of nitrogens with zero attached hydrogens (tertiary/aromatic N) is 1. The summed E-state index contributed by atoms with van der Waals surface area (Å²) in [6.07, 6.45) is 1.01. The molecule has 0 fully saturated rings. The fraction of sp³-hybridized carbons (Fsp3) is 0.500. The molecule has 1 aromatic rings. The third-order valence-corrected chi connectivity index (χ3v) is 3.74. The maximum Gasteiger partial charge on any atom is 0.221 e. The van der Waals surface area contributed by atoms with Crippen LogP contribution in [0, 0.1) is 5.92 Å². The Kier molecular flexibility index (Phi) is 3.99. The van der Waals surface area contributed by atoms with Crippen LogP contribution in [0.2, 0.25) is 0 Å². The van der Waals surface area contributed by atoms with Crippen molar-refractivity contribution in [1.82, 2.24) is 4.90 Å². The van der Waals surface area contributed by atoms with Gasteiger partial charge in [-0.2, -0.15) is 0 Å². The topological polar surface area (TPSA) is 72.3 Å². The van der Waals surface area contributed by atoms with Crippen LogP contribution >= 0.6 is 0 Å². The minimum Gasteiger partial charge on any atom is -0.369 e. The summed E-state index contributed by atoms with van der Waals surface area (Å²) in [4.78, 5) is 13.5. The Balaban J connectivity index is 2.18. The summed E-state index contributed by atoms with van der Waals surface area (Å²) in [5.41, 5.74) is 13.9. The van der Waals surface area contributed by atoms with Crippen LogP contribution in [-0.2, 0) is 11.2 Å².